The van der Waals surface area contributed by atoms with Gasteiger partial charge in [-0.05, 0) is 36.5 Å². The Morgan fingerprint density at radius 1 is 0.704 bits per heavy atom. The summed E-state index contributed by atoms with van der Waals surface area (Å²) >= 11 is 0. The molecule has 0 aromatic rings. The van der Waals surface area contributed by atoms with E-state index in [-0.39, 0.29) is 40.5 Å². The first-order chi connectivity index (χ1) is 11.5. The fourth-order valence-electron chi connectivity index (χ4n) is 1.82. The molecule has 0 saturated heterocycles. The smallest absolute Gasteiger partial charge is 0.303 e. The molecule has 8 nitrogen and oxygen atoms in total. The van der Waals surface area contributed by atoms with Crippen molar-refractivity contribution in [1.29, 1.82) is 0 Å². The van der Waals surface area contributed by atoms with Gasteiger partial charge in [0.2, 0.25) is 0 Å². The second kappa shape index (κ2) is 14.7. The summed E-state index contributed by atoms with van der Waals surface area (Å²) in [5.74, 6) is 0. The third-order valence-corrected chi connectivity index (χ3v) is 5.47. The molecular weight excluding hydrogens is 441 g/mol. The quantitative estimate of drug-likeness (QED) is 0.181. The van der Waals surface area contributed by atoms with Crippen LogP contribution in [0, 0.1) is 10.8 Å². The minimum Gasteiger partial charge on any atom is -0.303 e. The van der Waals surface area contributed by atoms with E-state index in [9.17, 15) is 9.13 Å². The first-order valence-electron chi connectivity index (χ1n) is 8.94. The molecule has 11 heteroatoms. The maximum atomic E-state index is 10.3. The summed E-state index contributed by atoms with van der Waals surface area (Å²) in [6, 6.07) is 0. The van der Waals surface area contributed by atoms with Crippen molar-refractivity contribution in [2.24, 2.45) is 10.8 Å². The van der Waals surface area contributed by atoms with E-state index in [0.29, 0.717) is 12.8 Å². The number of phosphoric acid groups is 2. The van der Waals surface area contributed by atoms with Crippen molar-refractivity contribution in [3.63, 3.8) is 0 Å². The van der Waals surface area contributed by atoms with Crippen LogP contribution in [0.15, 0.2) is 0 Å². The van der Waals surface area contributed by atoms with Crippen LogP contribution in [-0.4, -0.2) is 32.8 Å². The Morgan fingerprint density at radius 2 is 0.963 bits per heavy atom. The number of hydrogen-bond acceptors (Lipinski definition) is 4. The van der Waals surface area contributed by atoms with Gasteiger partial charge in [0.25, 0.3) is 0 Å². The minimum atomic E-state index is -4.26. The topological polar surface area (TPSA) is 134 Å². The molecule has 0 bridgehead atoms. The Morgan fingerprint density at radius 3 is 1.15 bits per heavy atom. The Balaban J connectivity index is -0.000000411. The zero-order valence-corrected chi connectivity index (χ0v) is 20.1. The summed E-state index contributed by atoms with van der Waals surface area (Å²) in [5.41, 5.74) is 0.469. The van der Waals surface area contributed by atoms with Crippen LogP contribution in [0.4, 0.5) is 0 Å². The molecule has 0 spiro atoms. The van der Waals surface area contributed by atoms with Crippen molar-refractivity contribution in [1.82, 2.24) is 0 Å². The van der Waals surface area contributed by atoms with Gasteiger partial charge >= 0.3 is 15.6 Å². The van der Waals surface area contributed by atoms with Crippen LogP contribution < -0.4 is 0 Å². The van der Waals surface area contributed by atoms with Gasteiger partial charge in [-0.1, -0.05) is 54.4 Å². The van der Waals surface area contributed by atoms with Crippen LogP contribution >= 0.6 is 15.6 Å². The predicted molar refractivity (Wildman–Crippen MR) is 103 cm³/mol. The molecule has 0 aliphatic rings. The molecule has 0 atom stereocenters. The summed E-state index contributed by atoms with van der Waals surface area (Å²) in [5, 5.41) is 0. The van der Waals surface area contributed by atoms with Crippen molar-refractivity contribution < 1.29 is 54.2 Å². The van der Waals surface area contributed by atoms with E-state index in [1.54, 1.807) is 0 Å². The van der Waals surface area contributed by atoms with Crippen LogP contribution in [0.5, 0.6) is 0 Å². The standard InChI is InChI=1S/2C8H19O4P.Ni/c2*1-4-8(2,3)6-5-7-12-13(9,10)11;/h2*4-7H2,1-3H3,(H2,9,10,11);. The third-order valence-electron chi connectivity index (χ3n) is 4.43. The van der Waals surface area contributed by atoms with Crippen molar-refractivity contribution in [2.75, 3.05) is 13.2 Å². The summed E-state index contributed by atoms with van der Waals surface area (Å²) in [7, 11) is -8.51. The molecule has 0 aromatic heterocycles. The zero-order valence-electron chi connectivity index (χ0n) is 17.3. The van der Waals surface area contributed by atoms with E-state index in [2.05, 4.69) is 50.6 Å². The SMILES string of the molecule is CCC(C)(C)CCCOP(=O)(O)O.CCC(C)(C)CCCOP(=O)(O)O.[Ni]. The van der Waals surface area contributed by atoms with Gasteiger partial charge in [-0.2, -0.15) is 0 Å². The Labute approximate surface area is 174 Å². The van der Waals surface area contributed by atoms with Gasteiger partial charge in [-0.15, -0.1) is 0 Å². The largest absolute Gasteiger partial charge is 0.469 e. The van der Waals surface area contributed by atoms with Gasteiger partial charge in [-0.3, -0.25) is 9.05 Å². The monoisotopic (exact) mass is 478 g/mol. The van der Waals surface area contributed by atoms with Crippen molar-refractivity contribution in [2.45, 2.75) is 80.1 Å². The summed E-state index contributed by atoms with van der Waals surface area (Å²) in [6.07, 6.45) is 5.33. The van der Waals surface area contributed by atoms with Gasteiger partial charge in [0.05, 0.1) is 13.2 Å². The molecule has 0 unspecified atom stereocenters. The van der Waals surface area contributed by atoms with Crippen LogP contribution in [-0.2, 0) is 34.7 Å². The molecule has 0 aliphatic heterocycles. The average Bonchev–Trinajstić information content (AvgIpc) is 2.47. The molecule has 0 aliphatic carbocycles. The van der Waals surface area contributed by atoms with E-state index in [1.165, 1.54) is 0 Å². The normalized spacial score (nSPS) is 12.8. The summed E-state index contributed by atoms with van der Waals surface area (Å²) in [4.78, 5) is 33.6. The van der Waals surface area contributed by atoms with Crippen LogP contribution in [0.3, 0.4) is 0 Å². The average molecular weight is 479 g/mol. The molecule has 0 fully saturated rings. The Hall–Kier alpha value is 0.714. The molecule has 0 aromatic carbocycles. The number of hydrogen-bond donors (Lipinski definition) is 4. The summed E-state index contributed by atoms with van der Waals surface area (Å²) < 4.78 is 29.3. The Bertz CT molecular complexity index is 417. The predicted octanol–water partition coefficient (Wildman–Crippen LogP) is 4.62. The molecule has 0 rings (SSSR count). The van der Waals surface area contributed by atoms with E-state index in [4.69, 9.17) is 19.6 Å². The van der Waals surface area contributed by atoms with E-state index in [1.807, 2.05) is 0 Å². The third kappa shape index (κ3) is 26.7. The number of rotatable bonds is 12. The second-order valence-corrected chi connectivity index (χ2v) is 10.4. The number of phosphoric ester groups is 2. The molecular formula is C16H38NiO8P2. The van der Waals surface area contributed by atoms with Crippen LogP contribution in [0.25, 0.3) is 0 Å². The van der Waals surface area contributed by atoms with Gasteiger partial charge < -0.3 is 19.6 Å². The van der Waals surface area contributed by atoms with Crippen LogP contribution in [0.2, 0.25) is 0 Å². The van der Waals surface area contributed by atoms with Crippen LogP contribution in [0.1, 0.15) is 80.1 Å². The minimum absolute atomic E-state index is 0. The molecule has 27 heavy (non-hydrogen) atoms. The molecule has 170 valence electrons. The van der Waals surface area contributed by atoms with Gasteiger partial charge in [0, 0.05) is 16.5 Å². The fourth-order valence-corrected chi connectivity index (χ4v) is 2.56. The molecule has 0 amide bonds. The van der Waals surface area contributed by atoms with E-state index < -0.39 is 15.6 Å². The van der Waals surface area contributed by atoms with Gasteiger partial charge in [0.1, 0.15) is 0 Å². The molecule has 0 heterocycles. The van der Waals surface area contributed by atoms with Crippen molar-refractivity contribution in [3.8, 4) is 0 Å². The molecule has 4 N–H and O–H groups in total. The first kappa shape index (κ1) is 32.4. The van der Waals surface area contributed by atoms with Crippen molar-refractivity contribution in [3.05, 3.63) is 0 Å². The fraction of sp³-hybridized carbons (Fsp3) is 1.00. The second-order valence-electron chi connectivity index (χ2n) is 7.89. The van der Waals surface area contributed by atoms with Crippen molar-refractivity contribution >= 4 is 15.6 Å². The van der Waals surface area contributed by atoms with Gasteiger partial charge in [-0.25, -0.2) is 9.13 Å². The maximum absolute atomic E-state index is 10.3. The summed E-state index contributed by atoms with van der Waals surface area (Å²) in [6.45, 7) is 13.0. The van der Waals surface area contributed by atoms with Gasteiger partial charge in [0.15, 0.2) is 0 Å². The Kier molecular flexibility index (Phi) is 17.6. The zero-order chi connectivity index (χ0) is 21.1. The molecule has 0 saturated carbocycles. The maximum Gasteiger partial charge on any atom is 0.469 e. The van der Waals surface area contributed by atoms with E-state index in [0.717, 1.165) is 25.7 Å². The first-order valence-corrected chi connectivity index (χ1v) is 12.0. The molecule has 0 radical (unpaired) electrons. The van der Waals surface area contributed by atoms with E-state index >= 15 is 0 Å².